The molecule has 1 unspecified atom stereocenters. The van der Waals surface area contributed by atoms with Crippen LogP contribution in [0.4, 0.5) is 0 Å². The summed E-state index contributed by atoms with van der Waals surface area (Å²) in [4.78, 5) is 0. The molecule has 1 aliphatic carbocycles. The van der Waals surface area contributed by atoms with Crippen molar-refractivity contribution < 1.29 is 12.8 Å². The van der Waals surface area contributed by atoms with Crippen LogP contribution < -0.4 is 0 Å². The third kappa shape index (κ3) is 1.94. The van der Waals surface area contributed by atoms with Crippen molar-refractivity contribution in [2.24, 2.45) is 5.41 Å². The van der Waals surface area contributed by atoms with E-state index in [9.17, 15) is 8.42 Å². The highest BCUT2D eigenvalue weighted by Crippen LogP contribution is 2.51. The predicted molar refractivity (Wildman–Crippen MR) is 80.5 cm³/mol. The molecule has 0 N–H and O–H groups in total. The van der Waals surface area contributed by atoms with Crippen LogP contribution in [-0.4, -0.2) is 25.3 Å². The second-order valence-corrected chi connectivity index (χ2v) is 8.38. The summed E-state index contributed by atoms with van der Waals surface area (Å²) < 4.78 is 33.0. The fraction of sp³-hybridized carbons (Fsp3) is 0.500. The Labute approximate surface area is 124 Å². The lowest BCUT2D eigenvalue weighted by Crippen LogP contribution is -2.37. The van der Waals surface area contributed by atoms with Crippen LogP contribution in [0.1, 0.15) is 32.6 Å². The SMILES string of the molecule is CC1CC2(CCC2)CN1S(=O)(=O)c1cc2ccccc2o1. The maximum atomic E-state index is 12.9. The van der Waals surface area contributed by atoms with Gasteiger partial charge in [-0.25, -0.2) is 8.42 Å². The second-order valence-electron chi connectivity index (χ2n) is 6.56. The minimum absolute atomic E-state index is 0.0588. The number of benzene rings is 1. The molecule has 1 atom stereocenters. The van der Waals surface area contributed by atoms with Gasteiger partial charge in [0.05, 0.1) is 0 Å². The predicted octanol–water partition coefficient (Wildman–Crippen LogP) is 3.39. The number of sulfonamides is 1. The van der Waals surface area contributed by atoms with Crippen molar-refractivity contribution in [1.82, 2.24) is 4.31 Å². The Morgan fingerprint density at radius 2 is 2.05 bits per heavy atom. The highest BCUT2D eigenvalue weighted by molar-refractivity contribution is 7.89. The van der Waals surface area contributed by atoms with E-state index in [1.54, 1.807) is 16.4 Å². The van der Waals surface area contributed by atoms with E-state index < -0.39 is 10.0 Å². The Bertz CT molecular complexity index is 756. The zero-order valence-electron chi connectivity index (χ0n) is 12.1. The topological polar surface area (TPSA) is 50.5 Å². The molecule has 21 heavy (non-hydrogen) atoms. The zero-order valence-corrected chi connectivity index (χ0v) is 12.9. The first-order chi connectivity index (χ1) is 10.0. The Morgan fingerprint density at radius 3 is 2.67 bits per heavy atom. The van der Waals surface area contributed by atoms with E-state index in [2.05, 4.69) is 0 Å². The third-order valence-electron chi connectivity index (χ3n) is 5.09. The van der Waals surface area contributed by atoms with E-state index >= 15 is 0 Å². The first kappa shape index (κ1) is 13.3. The lowest BCUT2D eigenvalue weighted by molar-refractivity contribution is 0.152. The van der Waals surface area contributed by atoms with Gasteiger partial charge in [-0.15, -0.1) is 0 Å². The van der Waals surface area contributed by atoms with E-state index in [0.717, 1.165) is 24.6 Å². The lowest BCUT2D eigenvalue weighted by Gasteiger charge is -2.37. The van der Waals surface area contributed by atoms with Crippen molar-refractivity contribution in [2.45, 2.75) is 43.7 Å². The zero-order chi connectivity index (χ0) is 14.7. The highest BCUT2D eigenvalue weighted by Gasteiger charge is 2.50. The second kappa shape index (κ2) is 4.34. The molecule has 0 radical (unpaired) electrons. The molecule has 2 aromatic rings. The van der Waals surface area contributed by atoms with Gasteiger partial charge in [0.2, 0.25) is 5.09 Å². The normalized spacial score (nSPS) is 25.5. The van der Waals surface area contributed by atoms with Gasteiger partial charge >= 0.3 is 0 Å². The minimum atomic E-state index is -3.53. The van der Waals surface area contributed by atoms with Gasteiger partial charge in [0, 0.05) is 24.0 Å². The Balaban J connectivity index is 1.72. The van der Waals surface area contributed by atoms with Crippen molar-refractivity contribution in [2.75, 3.05) is 6.54 Å². The molecule has 1 saturated heterocycles. The van der Waals surface area contributed by atoms with E-state index in [1.165, 1.54) is 6.42 Å². The molecule has 4 rings (SSSR count). The van der Waals surface area contributed by atoms with Gasteiger partial charge in [0.1, 0.15) is 5.58 Å². The average Bonchev–Trinajstić information content (AvgIpc) is 2.99. The summed E-state index contributed by atoms with van der Waals surface area (Å²) in [6, 6.07) is 9.11. The molecule has 2 aliphatic rings. The van der Waals surface area contributed by atoms with Gasteiger partial charge < -0.3 is 4.42 Å². The van der Waals surface area contributed by atoms with Crippen LogP contribution in [0.5, 0.6) is 0 Å². The first-order valence-corrected chi connectivity index (χ1v) is 8.95. The fourth-order valence-corrected chi connectivity index (χ4v) is 5.53. The van der Waals surface area contributed by atoms with E-state index in [4.69, 9.17) is 4.42 Å². The molecule has 0 bridgehead atoms. The molecule has 2 heterocycles. The number of rotatable bonds is 2. The smallest absolute Gasteiger partial charge is 0.276 e. The summed E-state index contributed by atoms with van der Waals surface area (Å²) in [7, 11) is -3.53. The van der Waals surface area contributed by atoms with Crippen LogP contribution in [0.15, 0.2) is 39.8 Å². The van der Waals surface area contributed by atoms with Crippen LogP contribution in [0, 0.1) is 5.41 Å². The molecule has 0 amide bonds. The first-order valence-electron chi connectivity index (χ1n) is 7.51. The quantitative estimate of drug-likeness (QED) is 0.854. The van der Waals surface area contributed by atoms with Crippen LogP contribution in [0.2, 0.25) is 0 Å². The van der Waals surface area contributed by atoms with Gasteiger partial charge in [-0.2, -0.15) is 4.31 Å². The lowest BCUT2D eigenvalue weighted by atomic mass is 9.68. The van der Waals surface area contributed by atoms with Crippen molar-refractivity contribution in [3.63, 3.8) is 0 Å². The van der Waals surface area contributed by atoms with E-state index in [0.29, 0.717) is 12.1 Å². The van der Waals surface area contributed by atoms with Gasteiger partial charge in [-0.1, -0.05) is 24.6 Å². The van der Waals surface area contributed by atoms with Crippen molar-refractivity contribution in [3.8, 4) is 0 Å². The number of hydrogen-bond donors (Lipinski definition) is 0. The number of nitrogens with zero attached hydrogens (tertiary/aromatic N) is 1. The molecule has 1 saturated carbocycles. The molecular weight excluding hydrogens is 286 g/mol. The average molecular weight is 305 g/mol. The summed E-state index contributed by atoms with van der Waals surface area (Å²) >= 11 is 0. The Morgan fingerprint density at radius 1 is 1.29 bits per heavy atom. The van der Waals surface area contributed by atoms with Gasteiger partial charge in [0.15, 0.2) is 0 Å². The molecule has 1 aliphatic heterocycles. The van der Waals surface area contributed by atoms with Gasteiger partial charge in [0.25, 0.3) is 10.0 Å². The van der Waals surface area contributed by atoms with E-state index in [-0.39, 0.29) is 16.5 Å². The van der Waals surface area contributed by atoms with Crippen LogP contribution in [0.3, 0.4) is 0 Å². The van der Waals surface area contributed by atoms with Crippen LogP contribution in [-0.2, 0) is 10.0 Å². The maximum absolute atomic E-state index is 12.9. The standard InChI is InChI=1S/C16H19NO3S/c1-12-10-16(7-4-8-16)11-17(12)21(18,19)15-9-13-5-2-3-6-14(13)20-15/h2-3,5-6,9,12H,4,7-8,10-11H2,1H3. The largest absolute Gasteiger partial charge is 0.443 e. The maximum Gasteiger partial charge on any atom is 0.276 e. The third-order valence-corrected chi connectivity index (χ3v) is 6.91. The molecular formula is C16H19NO3S. The van der Waals surface area contributed by atoms with Crippen LogP contribution in [0.25, 0.3) is 11.0 Å². The summed E-state index contributed by atoms with van der Waals surface area (Å²) in [5.74, 6) is 0. The van der Waals surface area contributed by atoms with Gasteiger partial charge in [-0.05, 0) is 37.7 Å². The molecule has 112 valence electrons. The van der Waals surface area contributed by atoms with Crippen LogP contribution >= 0.6 is 0 Å². The number of fused-ring (bicyclic) bond motifs is 1. The number of hydrogen-bond acceptors (Lipinski definition) is 3. The molecule has 1 aromatic carbocycles. The molecule has 4 nitrogen and oxygen atoms in total. The summed E-state index contributed by atoms with van der Waals surface area (Å²) in [5.41, 5.74) is 0.861. The van der Waals surface area contributed by atoms with Gasteiger partial charge in [-0.3, -0.25) is 0 Å². The van der Waals surface area contributed by atoms with Crippen molar-refractivity contribution in [1.29, 1.82) is 0 Å². The number of para-hydroxylation sites is 1. The molecule has 5 heteroatoms. The summed E-state index contributed by atoms with van der Waals surface area (Å²) in [6.07, 6.45) is 4.52. The summed E-state index contributed by atoms with van der Waals surface area (Å²) in [5, 5.41) is 0.910. The molecule has 1 aromatic heterocycles. The van der Waals surface area contributed by atoms with Crippen molar-refractivity contribution in [3.05, 3.63) is 30.3 Å². The van der Waals surface area contributed by atoms with Crippen molar-refractivity contribution >= 4 is 21.0 Å². The number of furan rings is 1. The molecule has 2 fully saturated rings. The highest BCUT2D eigenvalue weighted by atomic mass is 32.2. The monoisotopic (exact) mass is 305 g/mol. The summed E-state index contributed by atoms with van der Waals surface area (Å²) in [6.45, 7) is 2.65. The minimum Gasteiger partial charge on any atom is -0.443 e. The van der Waals surface area contributed by atoms with E-state index in [1.807, 2.05) is 25.1 Å². The molecule has 1 spiro atoms. The Kier molecular flexibility index (Phi) is 2.75. The Hall–Kier alpha value is -1.33. The fourth-order valence-electron chi connectivity index (χ4n) is 3.84.